The molecule has 14 nitrogen and oxygen atoms in total. The number of carbonyl (C=O) groups excluding carboxylic acids is 4. The largest absolute Gasteiger partial charge is 0.478 e. The van der Waals surface area contributed by atoms with Crippen molar-refractivity contribution in [1.82, 2.24) is 0 Å². The van der Waals surface area contributed by atoms with Crippen LogP contribution in [0.3, 0.4) is 0 Å². The number of benzene rings is 3. The molecule has 0 radical (unpaired) electrons. The Kier molecular flexibility index (Phi) is 14.4. The zero-order valence-electron chi connectivity index (χ0n) is 33.0. The van der Waals surface area contributed by atoms with Crippen LogP contribution >= 0.6 is 22.6 Å². The van der Waals surface area contributed by atoms with Gasteiger partial charge in [-0.25, -0.2) is 19.2 Å². The molecule has 3 aromatic rings. The van der Waals surface area contributed by atoms with Gasteiger partial charge in [0.05, 0.1) is 0 Å². The molecule has 0 saturated carbocycles. The summed E-state index contributed by atoms with van der Waals surface area (Å²) in [5, 5.41) is 2.42. The number of esters is 4. The molecule has 0 heterocycles. The molecule has 0 aromatic heterocycles. The van der Waals surface area contributed by atoms with Gasteiger partial charge in [-0.15, -0.1) is 0 Å². The monoisotopic (exact) mass is 868 g/mol. The van der Waals surface area contributed by atoms with Gasteiger partial charge in [0, 0.05) is 13.1 Å². The van der Waals surface area contributed by atoms with Gasteiger partial charge in [0.15, 0.2) is 53.0 Å². The highest BCUT2D eigenvalue weighted by atomic mass is 127. The van der Waals surface area contributed by atoms with Crippen LogP contribution < -0.4 is 30.4 Å². The minimum atomic E-state index is -0.780. The highest BCUT2D eigenvalue weighted by Gasteiger charge is 2.25. The van der Waals surface area contributed by atoms with Crippen molar-refractivity contribution in [3.63, 3.8) is 0 Å². The lowest BCUT2D eigenvalue weighted by Gasteiger charge is -2.23. The Labute approximate surface area is 329 Å². The van der Waals surface area contributed by atoms with Gasteiger partial charge in [-0.1, -0.05) is 0 Å². The lowest BCUT2D eigenvalue weighted by Crippen LogP contribution is -2.28. The molecule has 298 valence electrons. The molecule has 0 unspecified atom stereocenters. The lowest BCUT2D eigenvalue weighted by atomic mass is 9.90. The van der Waals surface area contributed by atoms with Crippen LogP contribution in [0.25, 0.3) is 21.5 Å². The second-order valence-electron chi connectivity index (χ2n) is 15.8. The van der Waals surface area contributed by atoms with Crippen molar-refractivity contribution in [3.8, 4) is 23.0 Å². The first-order valence-electron chi connectivity index (χ1n) is 17.4. The van der Waals surface area contributed by atoms with Gasteiger partial charge in [0.2, 0.25) is 0 Å². The van der Waals surface area contributed by atoms with Crippen molar-refractivity contribution < 1.29 is 57.1 Å². The van der Waals surface area contributed by atoms with Crippen LogP contribution in [0.5, 0.6) is 23.0 Å². The molecule has 0 atom stereocenters. The molecule has 0 saturated heterocycles. The average Bonchev–Trinajstić information content (AvgIpc) is 2.99. The summed E-state index contributed by atoms with van der Waals surface area (Å²) in [5.41, 5.74) is 11.8. The Morgan fingerprint density at radius 1 is 0.463 bits per heavy atom. The van der Waals surface area contributed by atoms with Crippen molar-refractivity contribution in [3.05, 3.63) is 35.4 Å². The third-order valence-corrected chi connectivity index (χ3v) is 7.10. The number of rotatable bonds is 15. The first-order chi connectivity index (χ1) is 24.8. The summed E-state index contributed by atoms with van der Waals surface area (Å²) < 4.78 is 44.7. The molecule has 15 heteroatoms. The fraction of sp³-hybridized carbons (Fsp3) is 0.538. The third kappa shape index (κ3) is 13.6. The Morgan fingerprint density at radius 2 is 0.685 bits per heavy atom. The lowest BCUT2D eigenvalue weighted by molar-refractivity contribution is -0.158. The van der Waals surface area contributed by atoms with Crippen molar-refractivity contribution in [2.45, 2.75) is 110 Å². The first kappa shape index (κ1) is 44.3. The molecule has 0 aliphatic rings. The molecule has 54 heavy (non-hydrogen) atoms. The topological polar surface area (TPSA) is 194 Å². The summed E-state index contributed by atoms with van der Waals surface area (Å²) in [6, 6.07) is 6.60. The maximum absolute atomic E-state index is 12.7. The molecule has 4 N–H and O–H groups in total. The van der Waals surface area contributed by atoms with Gasteiger partial charge in [0.25, 0.3) is 0 Å². The van der Waals surface area contributed by atoms with E-state index in [1.54, 1.807) is 100 Å². The minimum Gasteiger partial charge on any atom is -0.478 e. The summed E-state index contributed by atoms with van der Waals surface area (Å²) in [6.07, 6.45) is 0. The fourth-order valence-electron chi connectivity index (χ4n) is 5.26. The van der Waals surface area contributed by atoms with E-state index >= 15 is 0 Å². The molecular weight excluding hydrogens is 815 g/mol. The standard InChI is InChI=1S/C39H53IN2O12/c1-36(2,3)51-32(43)18-47-28-12-22-23(13-29(28)48-19-33(44)52-37(4,5)6)27(17-42)25-15-31(50-21-35(46)54-39(10,11)40)30(14-24(25)26(22)16-41)49-20-34(45)53-38(7,8)9/h12-15H,16-21,41-42H2,1-11H3. The molecular formula is C39H53IN2O12. The molecule has 3 rings (SSSR count). The number of fused-ring (bicyclic) bond motifs is 2. The van der Waals surface area contributed by atoms with Gasteiger partial charge < -0.3 is 49.4 Å². The van der Waals surface area contributed by atoms with Crippen LogP contribution in [-0.2, 0) is 51.2 Å². The SMILES string of the molecule is CC(C)(C)OC(=O)COc1cc2c(CN)c3cc(OCC(=O)OC(C)(C)C)c(OCC(=O)OC(C)(C)I)cc3c(CN)c2cc1OCC(=O)OC(C)(C)C. The predicted octanol–water partition coefficient (Wildman–Crippen LogP) is 6.17. The quantitative estimate of drug-likeness (QED) is 0.0579. The Balaban J connectivity index is 2.25. The van der Waals surface area contributed by atoms with E-state index in [1.807, 2.05) is 22.6 Å². The zero-order valence-corrected chi connectivity index (χ0v) is 35.1. The Bertz CT molecular complexity index is 1600. The van der Waals surface area contributed by atoms with E-state index in [9.17, 15) is 19.2 Å². The number of carbonyl (C=O) groups is 4. The van der Waals surface area contributed by atoms with E-state index < -0.39 is 70.7 Å². The zero-order chi connectivity index (χ0) is 40.8. The van der Waals surface area contributed by atoms with Gasteiger partial charge in [-0.05, 0) is 156 Å². The second kappa shape index (κ2) is 17.6. The fourth-order valence-corrected chi connectivity index (χ4v) is 5.51. The molecule has 0 fully saturated rings. The normalized spacial score (nSPS) is 12.3. The molecule has 0 aliphatic heterocycles. The Morgan fingerprint density at radius 3 is 0.870 bits per heavy atom. The highest BCUT2D eigenvalue weighted by molar-refractivity contribution is 14.1. The van der Waals surface area contributed by atoms with E-state index in [-0.39, 0.29) is 36.1 Å². The molecule has 0 spiro atoms. The van der Waals surface area contributed by atoms with Gasteiger partial charge >= 0.3 is 23.9 Å². The van der Waals surface area contributed by atoms with Crippen LogP contribution in [0.2, 0.25) is 0 Å². The van der Waals surface area contributed by atoms with Gasteiger partial charge in [0.1, 0.15) is 16.8 Å². The van der Waals surface area contributed by atoms with E-state index in [0.29, 0.717) is 32.7 Å². The van der Waals surface area contributed by atoms with Gasteiger partial charge in [-0.3, -0.25) is 0 Å². The minimum absolute atomic E-state index is 0.0179. The van der Waals surface area contributed by atoms with Crippen molar-refractivity contribution in [1.29, 1.82) is 0 Å². The summed E-state index contributed by atoms with van der Waals surface area (Å²) in [6.45, 7) is 17.3. The number of alkyl halides is 1. The summed E-state index contributed by atoms with van der Waals surface area (Å²) >= 11 is 1.98. The average molecular weight is 869 g/mol. The maximum Gasteiger partial charge on any atom is 0.345 e. The van der Waals surface area contributed by atoms with Crippen LogP contribution in [-0.4, -0.2) is 70.7 Å². The third-order valence-electron chi connectivity index (χ3n) is 6.88. The van der Waals surface area contributed by atoms with Crippen LogP contribution in [0.1, 0.15) is 87.3 Å². The van der Waals surface area contributed by atoms with Crippen LogP contribution in [0.15, 0.2) is 24.3 Å². The van der Waals surface area contributed by atoms with Crippen molar-refractivity contribution in [2.24, 2.45) is 11.5 Å². The Hall–Kier alpha value is -4.09. The number of ether oxygens (including phenoxy) is 8. The molecule has 0 bridgehead atoms. The van der Waals surface area contributed by atoms with Crippen molar-refractivity contribution in [2.75, 3.05) is 26.4 Å². The smallest absolute Gasteiger partial charge is 0.345 e. The molecule has 3 aromatic carbocycles. The van der Waals surface area contributed by atoms with E-state index in [2.05, 4.69) is 0 Å². The van der Waals surface area contributed by atoms with Crippen molar-refractivity contribution >= 4 is 68.0 Å². The summed E-state index contributed by atoms with van der Waals surface area (Å²) in [7, 11) is 0. The number of halogens is 1. The van der Waals surface area contributed by atoms with E-state index in [0.717, 1.165) is 0 Å². The first-order valence-corrected chi connectivity index (χ1v) is 18.4. The number of hydrogen-bond acceptors (Lipinski definition) is 14. The second-order valence-corrected chi connectivity index (χ2v) is 18.4. The van der Waals surface area contributed by atoms with E-state index in [4.69, 9.17) is 49.4 Å². The van der Waals surface area contributed by atoms with E-state index in [1.165, 1.54) is 0 Å². The molecule has 0 aliphatic carbocycles. The predicted molar refractivity (Wildman–Crippen MR) is 211 cm³/mol. The highest BCUT2D eigenvalue weighted by Crippen LogP contribution is 2.43. The summed E-state index contributed by atoms with van der Waals surface area (Å²) in [4.78, 5) is 50.6. The maximum atomic E-state index is 12.7. The summed E-state index contributed by atoms with van der Waals surface area (Å²) in [5.74, 6) is -1.96. The van der Waals surface area contributed by atoms with Crippen LogP contribution in [0.4, 0.5) is 0 Å². The van der Waals surface area contributed by atoms with Gasteiger partial charge in [-0.2, -0.15) is 0 Å². The molecule has 0 amide bonds. The number of hydrogen-bond donors (Lipinski definition) is 2. The number of nitrogens with two attached hydrogens (primary N) is 2. The van der Waals surface area contributed by atoms with Crippen LogP contribution in [0, 0.1) is 0 Å².